The van der Waals surface area contributed by atoms with Gasteiger partial charge in [-0.3, -0.25) is 0 Å². The van der Waals surface area contributed by atoms with Gasteiger partial charge >= 0.3 is 6.03 Å². The van der Waals surface area contributed by atoms with E-state index >= 15 is 0 Å². The fraction of sp³-hybridized carbons (Fsp3) is 0.316. The summed E-state index contributed by atoms with van der Waals surface area (Å²) in [6.45, 7) is 5.50. The van der Waals surface area contributed by atoms with E-state index in [1.165, 1.54) is 5.56 Å². The van der Waals surface area contributed by atoms with Crippen molar-refractivity contribution in [3.8, 4) is 5.75 Å². The first-order valence-electron chi connectivity index (χ1n) is 8.04. The molecule has 128 valence electrons. The molecule has 0 unspecified atom stereocenters. The van der Waals surface area contributed by atoms with Gasteiger partial charge in [-0.1, -0.05) is 61.8 Å². The summed E-state index contributed by atoms with van der Waals surface area (Å²) in [5.41, 5.74) is 2.05. The van der Waals surface area contributed by atoms with Gasteiger partial charge in [0.25, 0.3) is 0 Å². The van der Waals surface area contributed by atoms with Crippen molar-refractivity contribution in [2.24, 2.45) is 0 Å². The number of nitrogens with one attached hydrogen (secondary N) is 2. The van der Waals surface area contributed by atoms with Gasteiger partial charge in [-0.05, 0) is 29.2 Å². The molecular weight excluding hydrogens is 324 g/mol. The number of para-hydroxylation sites is 1. The lowest BCUT2D eigenvalue weighted by molar-refractivity contribution is 0.236. The van der Waals surface area contributed by atoms with Crippen LogP contribution in [0.1, 0.15) is 30.9 Å². The van der Waals surface area contributed by atoms with Crippen LogP contribution in [0.2, 0.25) is 5.02 Å². The third-order valence-electron chi connectivity index (χ3n) is 3.58. The molecule has 2 N–H and O–H groups in total. The molecule has 0 spiro atoms. The summed E-state index contributed by atoms with van der Waals surface area (Å²) in [7, 11) is 0. The number of hydrogen-bond donors (Lipinski definition) is 2. The maximum atomic E-state index is 11.8. The Morgan fingerprint density at radius 1 is 1.08 bits per heavy atom. The van der Waals surface area contributed by atoms with Crippen molar-refractivity contribution in [2.45, 2.75) is 26.3 Å². The molecule has 2 aromatic carbocycles. The van der Waals surface area contributed by atoms with Gasteiger partial charge < -0.3 is 15.4 Å². The van der Waals surface area contributed by atoms with Gasteiger partial charge in [0.15, 0.2) is 0 Å². The van der Waals surface area contributed by atoms with Crippen LogP contribution in [0.3, 0.4) is 0 Å². The van der Waals surface area contributed by atoms with E-state index < -0.39 is 0 Å². The van der Waals surface area contributed by atoms with Crippen molar-refractivity contribution in [1.29, 1.82) is 0 Å². The third-order valence-corrected chi connectivity index (χ3v) is 3.95. The zero-order valence-corrected chi connectivity index (χ0v) is 14.8. The number of halogens is 1. The van der Waals surface area contributed by atoms with Crippen LogP contribution >= 0.6 is 11.6 Å². The molecule has 0 bridgehead atoms. The molecule has 0 aliphatic rings. The van der Waals surface area contributed by atoms with Crippen molar-refractivity contribution in [3.63, 3.8) is 0 Å². The fourth-order valence-corrected chi connectivity index (χ4v) is 2.50. The topological polar surface area (TPSA) is 50.4 Å². The van der Waals surface area contributed by atoms with Gasteiger partial charge in [-0.2, -0.15) is 0 Å². The Morgan fingerprint density at radius 3 is 2.54 bits per heavy atom. The van der Waals surface area contributed by atoms with E-state index in [4.69, 9.17) is 16.3 Å². The molecule has 0 aliphatic heterocycles. The molecule has 0 saturated heterocycles. The maximum Gasteiger partial charge on any atom is 0.315 e. The van der Waals surface area contributed by atoms with E-state index in [1.807, 2.05) is 36.4 Å². The zero-order valence-electron chi connectivity index (χ0n) is 14.0. The molecule has 24 heavy (non-hydrogen) atoms. The van der Waals surface area contributed by atoms with Crippen molar-refractivity contribution in [3.05, 3.63) is 64.7 Å². The Balaban J connectivity index is 1.71. The molecule has 0 aromatic heterocycles. The molecule has 0 radical (unpaired) electrons. The van der Waals surface area contributed by atoms with Crippen LogP contribution in [0.5, 0.6) is 5.75 Å². The van der Waals surface area contributed by atoms with Gasteiger partial charge in [0.05, 0.1) is 6.54 Å². The van der Waals surface area contributed by atoms with Crippen molar-refractivity contribution >= 4 is 17.6 Å². The van der Waals surface area contributed by atoms with Crippen LogP contribution in [0.25, 0.3) is 0 Å². The lowest BCUT2D eigenvalue weighted by atomic mass is 10.0. The lowest BCUT2D eigenvalue weighted by Gasteiger charge is -2.14. The minimum Gasteiger partial charge on any atom is -0.491 e. The van der Waals surface area contributed by atoms with Crippen LogP contribution in [0, 0.1) is 0 Å². The Bertz CT molecular complexity index is 674. The van der Waals surface area contributed by atoms with E-state index in [-0.39, 0.29) is 6.03 Å². The van der Waals surface area contributed by atoms with E-state index in [9.17, 15) is 4.79 Å². The molecular formula is C19H23ClN2O2. The molecule has 5 heteroatoms. The normalized spacial score (nSPS) is 10.5. The summed E-state index contributed by atoms with van der Waals surface area (Å²) >= 11 is 6.05. The summed E-state index contributed by atoms with van der Waals surface area (Å²) < 4.78 is 5.77. The minimum absolute atomic E-state index is 0.240. The highest BCUT2D eigenvalue weighted by Crippen LogP contribution is 2.25. The second-order valence-electron chi connectivity index (χ2n) is 5.74. The molecule has 0 heterocycles. The molecule has 0 fully saturated rings. The summed E-state index contributed by atoms with van der Waals surface area (Å²) in [5, 5.41) is 6.20. The highest BCUT2D eigenvalue weighted by atomic mass is 35.5. The fourth-order valence-electron chi connectivity index (χ4n) is 2.29. The molecule has 0 aliphatic carbocycles. The Labute approximate surface area is 148 Å². The number of benzene rings is 2. The molecule has 0 saturated carbocycles. The average molecular weight is 347 g/mol. The second kappa shape index (κ2) is 9.18. The molecule has 2 amide bonds. The molecule has 4 nitrogen and oxygen atoms in total. The van der Waals surface area contributed by atoms with Gasteiger partial charge in [-0.25, -0.2) is 4.79 Å². The van der Waals surface area contributed by atoms with Gasteiger partial charge in [-0.15, -0.1) is 0 Å². The molecule has 0 atom stereocenters. The number of amides is 2. The van der Waals surface area contributed by atoms with E-state index in [0.717, 1.165) is 11.3 Å². The quantitative estimate of drug-likeness (QED) is 0.732. The number of carbonyl (C=O) groups excluding carboxylic acids is 1. The number of rotatable bonds is 7. The molecule has 2 aromatic rings. The van der Waals surface area contributed by atoms with Crippen LogP contribution in [-0.2, 0) is 6.54 Å². The largest absolute Gasteiger partial charge is 0.491 e. The Hall–Kier alpha value is -2.20. The predicted molar refractivity (Wildman–Crippen MR) is 97.7 cm³/mol. The van der Waals surface area contributed by atoms with E-state index in [2.05, 4.69) is 30.5 Å². The predicted octanol–water partition coefficient (Wildman–Crippen LogP) is 4.34. The highest BCUT2D eigenvalue weighted by Gasteiger charge is 2.07. The minimum atomic E-state index is -0.240. The first kappa shape index (κ1) is 18.1. The van der Waals surface area contributed by atoms with Crippen LogP contribution < -0.4 is 15.4 Å². The molecule has 2 rings (SSSR count). The van der Waals surface area contributed by atoms with Crippen LogP contribution in [-0.4, -0.2) is 19.2 Å². The number of ether oxygens (including phenoxy) is 1. The van der Waals surface area contributed by atoms with Crippen LogP contribution in [0.4, 0.5) is 4.79 Å². The second-order valence-corrected chi connectivity index (χ2v) is 6.15. The smallest absolute Gasteiger partial charge is 0.315 e. The first-order valence-corrected chi connectivity index (χ1v) is 8.42. The number of carbonyl (C=O) groups is 1. The van der Waals surface area contributed by atoms with E-state index in [0.29, 0.717) is 30.6 Å². The highest BCUT2D eigenvalue weighted by molar-refractivity contribution is 6.31. The van der Waals surface area contributed by atoms with Crippen molar-refractivity contribution < 1.29 is 9.53 Å². The van der Waals surface area contributed by atoms with E-state index in [1.54, 1.807) is 6.07 Å². The zero-order chi connectivity index (χ0) is 17.4. The lowest BCUT2D eigenvalue weighted by Crippen LogP contribution is -2.37. The third kappa shape index (κ3) is 5.46. The SMILES string of the molecule is CC(C)c1ccccc1OCCNC(=O)NCc1ccccc1Cl. The summed E-state index contributed by atoms with van der Waals surface area (Å²) in [4.78, 5) is 11.8. The number of urea groups is 1. The first-order chi connectivity index (χ1) is 11.6. The Morgan fingerprint density at radius 2 is 1.79 bits per heavy atom. The summed E-state index contributed by atoms with van der Waals surface area (Å²) in [6, 6.07) is 15.2. The summed E-state index contributed by atoms with van der Waals surface area (Å²) in [6.07, 6.45) is 0. The summed E-state index contributed by atoms with van der Waals surface area (Å²) in [5.74, 6) is 1.26. The van der Waals surface area contributed by atoms with Crippen molar-refractivity contribution in [2.75, 3.05) is 13.2 Å². The average Bonchev–Trinajstić information content (AvgIpc) is 2.58. The van der Waals surface area contributed by atoms with Crippen LogP contribution in [0.15, 0.2) is 48.5 Å². The number of hydrogen-bond acceptors (Lipinski definition) is 2. The Kier molecular flexibility index (Phi) is 6.94. The maximum absolute atomic E-state index is 11.8. The van der Waals surface area contributed by atoms with Crippen molar-refractivity contribution in [1.82, 2.24) is 10.6 Å². The van der Waals surface area contributed by atoms with Gasteiger partial charge in [0.2, 0.25) is 0 Å². The monoisotopic (exact) mass is 346 g/mol. The standard InChI is InChI=1S/C19H23ClN2O2/c1-14(2)16-8-4-6-10-18(16)24-12-11-21-19(23)22-13-15-7-3-5-9-17(15)20/h3-10,14H,11-13H2,1-2H3,(H2,21,22,23). The van der Waals surface area contributed by atoms with Gasteiger partial charge in [0, 0.05) is 11.6 Å². The van der Waals surface area contributed by atoms with Gasteiger partial charge in [0.1, 0.15) is 12.4 Å².